The molecule has 0 amide bonds. The lowest BCUT2D eigenvalue weighted by Gasteiger charge is -2.05. The fourth-order valence-corrected chi connectivity index (χ4v) is 2.61. The predicted molar refractivity (Wildman–Crippen MR) is 107 cm³/mol. The highest BCUT2D eigenvalue weighted by atomic mass is 16.5. The van der Waals surface area contributed by atoms with Crippen LogP contribution >= 0.6 is 0 Å². The molecular weight excluding hydrogens is 336 g/mol. The number of nitrogens with one attached hydrogen (secondary N) is 1. The molecule has 0 atom stereocenters. The monoisotopic (exact) mass is 354 g/mol. The molecule has 27 heavy (non-hydrogen) atoms. The standard InChI is InChI=1S/C22H18N4O/c1-16-12-14-19(15-13-16)24-25-20(17-8-4-2-5-9-17)21-23-22(27-26-21)18-10-6-3-7-11-18/h2-15,24H,1H3/b25-20-. The molecule has 0 aliphatic rings. The molecule has 1 heterocycles. The van der Waals surface area contributed by atoms with Gasteiger partial charge in [-0.05, 0) is 31.2 Å². The zero-order chi connectivity index (χ0) is 18.5. The van der Waals surface area contributed by atoms with Crippen molar-refractivity contribution in [1.29, 1.82) is 0 Å². The van der Waals surface area contributed by atoms with Gasteiger partial charge in [0.25, 0.3) is 5.89 Å². The normalized spacial score (nSPS) is 11.4. The Hall–Kier alpha value is -3.73. The van der Waals surface area contributed by atoms with Crippen LogP contribution in [-0.4, -0.2) is 15.9 Å². The lowest BCUT2D eigenvalue weighted by molar-refractivity contribution is 0.429. The molecule has 0 aliphatic carbocycles. The zero-order valence-electron chi connectivity index (χ0n) is 14.8. The lowest BCUT2D eigenvalue weighted by Crippen LogP contribution is -2.08. The summed E-state index contributed by atoms with van der Waals surface area (Å²) in [7, 11) is 0. The highest BCUT2D eigenvalue weighted by Gasteiger charge is 2.16. The number of anilines is 1. The van der Waals surface area contributed by atoms with Crippen molar-refractivity contribution in [2.45, 2.75) is 6.92 Å². The van der Waals surface area contributed by atoms with E-state index >= 15 is 0 Å². The summed E-state index contributed by atoms with van der Waals surface area (Å²) in [6.45, 7) is 2.05. The largest absolute Gasteiger partial charge is 0.334 e. The van der Waals surface area contributed by atoms with E-state index < -0.39 is 0 Å². The molecule has 0 unspecified atom stereocenters. The highest BCUT2D eigenvalue weighted by molar-refractivity contribution is 6.10. The highest BCUT2D eigenvalue weighted by Crippen LogP contribution is 2.18. The molecule has 3 aromatic carbocycles. The van der Waals surface area contributed by atoms with Crippen molar-refractivity contribution in [2.24, 2.45) is 5.10 Å². The molecular formula is C22H18N4O. The van der Waals surface area contributed by atoms with Gasteiger partial charge in [0.05, 0.1) is 5.69 Å². The van der Waals surface area contributed by atoms with Crippen LogP contribution in [0.15, 0.2) is 94.6 Å². The van der Waals surface area contributed by atoms with E-state index in [1.54, 1.807) is 0 Å². The first kappa shape index (κ1) is 16.7. The molecule has 0 bridgehead atoms. The van der Waals surface area contributed by atoms with E-state index in [4.69, 9.17) is 4.52 Å². The number of rotatable bonds is 5. The van der Waals surface area contributed by atoms with Crippen molar-refractivity contribution in [1.82, 2.24) is 10.1 Å². The Bertz CT molecular complexity index is 1040. The van der Waals surface area contributed by atoms with Crippen LogP contribution in [0, 0.1) is 6.92 Å². The van der Waals surface area contributed by atoms with Gasteiger partial charge in [0, 0.05) is 11.1 Å². The van der Waals surface area contributed by atoms with Gasteiger partial charge in [-0.25, -0.2) is 0 Å². The second kappa shape index (κ2) is 7.66. The molecule has 0 saturated heterocycles. The lowest BCUT2D eigenvalue weighted by atomic mass is 10.1. The summed E-state index contributed by atoms with van der Waals surface area (Å²) in [5, 5.41) is 8.69. The number of benzene rings is 3. The van der Waals surface area contributed by atoms with Crippen LogP contribution in [0.25, 0.3) is 11.5 Å². The van der Waals surface area contributed by atoms with Crippen LogP contribution in [0.4, 0.5) is 5.69 Å². The van der Waals surface area contributed by atoms with E-state index in [0.717, 1.165) is 16.8 Å². The minimum Gasteiger partial charge on any atom is -0.334 e. The number of aromatic nitrogens is 2. The fourth-order valence-electron chi connectivity index (χ4n) is 2.61. The third kappa shape index (κ3) is 3.93. The molecule has 1 aromatic heterocycles. The van der Waals surface area contributed by atoms with Gasteiger partial charge in [0.15, 0.2) is 0 Å². The maximum Gasteiger partial charge on any atom is 0.258 e. The van der Waals surface area contributed by atoms with E-state index in [2.05, 4.69) is 20.7 Å². The summed E-state index contributed by atoms with van der Waals surface area (Å²) in [5.74, 6) is 0.893. The molecule has 1 N–H and O–H groups in total. The van der Waals surface area contributed by atoms with E-state index in [1.165, 1.54) is 5.56 Å². The van der Waals surface area contributed by atoms with Crippen molar-refractivity contribution >= 4 is 11.4 Å². The number of hydrogen-bond donors (Lipinski definition) is 1. The Balaban J connectivity index is 1.69. The number of nitrogens with zero attached hydrogens (tertiary/aromatic N) is 3. The van der Waals surface area contributed by atoms with Gasteiger partial charge in [-0.2, -0.15) is 10.1 Å². The van der Waals surface area contributed by atoms with Gasteiger partial charge < -0.3 is 4.52 Å². The number of hydrogen-bond acceptors (Lipinski definition) is 5. The van der Waals surface area contributed by atoms with E-state index in [1.807, 2.05) is 91.9 Å². The second-order valence-corrected chi connectivity index (χ2v) is 6.09. The topological polar surface area (TPSA) is 63.3 Å². The quantitative estimate of drug-likeness (QED) is 0.408. The minimum atomic E-state index is 0.430. The molecule has 5 heteroatoms. The summed E-state index contributed by atoms with van der Waals surface area (Å²) in [4.78, 5) is 4.54. The fraction of sp³-hybridized carbons (Fsp3) is 0.0455. The van der Waals surface area contributed by atoms with Gasteiger partial charge in [-0.1, -0.05) is 71.4 Å². The zero-order valence-corrected chi connectivity index (χ0v) is 14.8. The van der Waals surface area contributed by atoms with Crippen molar-refractivity contribution in [3.63, 3.8) is 0 Å². The van der Waals surface area contributed by atoms with Crippen LogP contribution in [0.5, 0.6) is 0 Å². The molecule has 4 aromatic rings. The van der Waals surface area contributed by atoms with Crippen LogP contribution in [0.3, 0.4) is 0 Å². The Morgan fingerprint density at radius 2 is 1.52 bits per heavy atom. The van der Waals surface area contributed by atoms with Gasteiger partial charge in [0.2, 0.25) is 5.82 Å². The Morgan fingerprint density at radius 3 is 2.22 bits per heavy atom. The van der Waals surface area contributed by atoms with E-state index in [-0.39, 0.29) is 0 Å². The smallest absolute Gasteiger partial charge is 0.258 e. The Morgan fingerprint density at radius 1 is 0.852 bits per heavy atom. The molecule has 0 radical (unpaired) electrons. The van der Waals surface area contributed by atoms with Crippen LogP contribution in [0.1, 0.15) is 17.0 Å². The van der Waals surface area contributed by atoms with Crippen molar-refractivity contribution < 1.29 is 4.52 Å². The maximum atomic E-state index is 5.45. The van der Waals surface area contributed by atoms with Gasteiger partial charge >= 0.3 is 0 Å². The molecule has 0 fully saturated rings. The third-order valence-electron chi connectivity index (χ3n) is 4.05. The molecule has 132 valence electrons. The second-order valence-electron chi connectivity index (χ2n) is 6.09. The first-order valence-electron chi connectivity index (χ1n) is 8.65. The van der Waals surface area contributed by atoms with Crippen LogP contribution in [-0.2, 0) is 0 Å². The first-order chi connectivity index (χ1) is 13.3. The van der Waals surface area contributed by atoms with Crippen molar-refractivity contribution in [2.75, 3.05) is 5.43 Å². The van der Waals surface area contributed by atoms with Gasteiger partial charge in [0.1, 0.15) is 5.71 Å². The molecule has 0 spiro atoms. The summed E-state index contributed by atoms with van der Waals surface area (Å²) < 4.78 is 5.45. The average Bonchev–Trinajstić information content (AvgIpc) is 3.21. The van der Waals surface area contributed by atoms with E-state index in [9.17, 15) is 0 Å². The molecule has 0 aliphatic heterocycles. The summed E-state index contributed by atoms with van der Waals surface area (Å²) in [6, 6.07) is 27.5. The summed E-state index contributed by atoms with van der Waals surface area (Å²) in [6.07, 6.45) is 0. The predicted octanol–water partition coefficient (Wildman–Crippen LogP) is 4.91. The van der Waals surface area contributed by atoms with E-state index in [0.29, 0.717) is 17.4 Å². The van der Waals surface area contributed by atoms with Crippen LogP contribution in [0.2, 0.25) is 0 Å². The Labute approximate surface area is 157 Å². The van der Waals surface area contributed by atoms with Crippen LogP contribution < -0.4 is 5.43 Å². The maximum absolute atomic E-state index is 5.45. The minimum absolute atomic E-state index is 0.430. The average molecular weight is 354 g/mol. The van der Waals surface area contributed by atoms with Crippen molar-refractivity contribution in [3.05, 3.63) is 102 Å². The van der Waals surface area contributed by atoms with Crippen molar-refractivity contribution in [3.8, 4) is 11.5 Å². The van der Waals surface area contributed by atoms with Gasteiger partial charge in [-0.15, -0.1) is 0 Å². The SMILES string of the molecule is Cc1ccc(N/N=C(/c2ccccc2)c2noc(-c3ccccc3)n2)cc1. The molecule has 4 rings (SSSR count). The third-order valence-corrected chi connectivity index (χ3v) is 4.05. The molecule has 5 nitrogen and oxygen atoms in total. The number of aryl methyl sites for hydroxylation is 1. The number of hydrazone groups is 1. The Kier molecular flexibility index (Phi) is 4.74. The summed E-state index contributed by atoms with van der Waals surface area (Å²) in [5.41, 5.74) is 7.55. The van der Waals surface area contributed by atoms with Gasteiger partial charge in [-0.3, -0.25) is 5.43 Å². The first-order valence-corrected chi connectivity index (χ1v) is 8.65. The molecule has 0 saturated carbocycles. The summed E-state index contributed by atoms with van der Waals surface area (Å²) >= 11 is 0.